The van der Waals surface area contributed by atoms with Crippen molar-refractivity contribution in [3.05, 3.63) is 65.5 Å². The molecule has 1 aliphatic carbocycles. The Bertz CT molecular complexity index is 1180. The van der Waals surface area contributed by atoms with Gasteiger partial charge in [0.25, 0.3) is 5.78 Å². The lowest BCUT2D eigenvalue weighted by Crippen LogP contribution is -2.20. The fourth-order valence-corrected chi connectivity index (χ4v) is 4.50. The van der Waals surface area contributed by atoms with Crippen LogP contribution in [0.3, 0.4) is 0 Å². The first kappa shape index (κ1) is 16.4. The molecule has 0 saturated carbocycles. The summed E-state index contributed by atoms with van der Waals surface area (Å²) in [5.41, 5.74) is 2.80. The molecule has 2 aromatic carbocycles. The smallest absolute Gasteiger partial charge is 0.253 e. The standard InChI is InChI=1S/C21H18N4OS/c1-13-9-18-17(19(26)10-13)11-25-20(22-18)23-21(24-25)27-12-15-7-4-6-14-5-2-3-8-16(14)15/h2-8,11,13H,9-10,12H2,1H3/t13-/m0/s1. The summed E-state index contributed by atoms with van der Waals surface area (Å²) in [6, 6.07) is 14.7. The van der Waals surface area contributed by atoms with Gasteiger partial charge in [0.05, 0.1) is 11.3 Å². The number of benzene rings is 2. The minimum absolute atomic E-state index is 0.151. The van der Waals surface area contributed by atoms with E-state index in [0.717, 1.165) is 17.9 Å². The van der Waals surface area contributed by atoms with Gasteiger partial charge in [0, 0.05) is 18.4 Å². The maximum atomic E-state index is 12.3. The molecule has 0 radical (unpaired) electrons. The van der Waals surface area contributed by atoms with Crippen LogP contribution in [-0.4, -0.2) is 25.4 Å². The van der Waals surface area contributed by atoms with E-state index >= 15 is 0 Å². The van der Waals surface area contributed by atoms with Crippen molar-refractivity contribution in [2.75, 3.05) is 0 Å². The van der Waals surface area contributed by atoms with Crippen molar-refractivity contribution in [1.82, 2.24) is 19.6 Å². The molecule has 0 saturated heterocycles. The molecule has 0 fully saturated rings. The van der Waals surface area contributed by atoms with Crippen molar-refractivity contribution >= 4 is 34.1 Å². The number of ketones is 1. The van der Waals surface area contributed by atoms with E-state index in [1.807, 2.05) is 0 Å². The number of aromatic nitrogens is 4. The lowest BCUT2D eigenvalue weighted by molar-refractivity contribution is 0.0951. The normalized spacial score (nSPS) is 16.8. The molecule has 1 aliphatic rings. The van der Waals surface area contributed by atoms with Gasteiger partial charge < -0.3 is 0 Å². The van der Waals surface area contributed by atoms with E-state index in [-0.39, 0.29) is 5.78 Å². The molecular weight excluding hydrogens is 356 g/mol. The Morgan fingerprint density at radius 3 is 2.89 bits per heavy atom. The zero-order valence-corrected chi connectivity index (χ0v) is 15.7. The Labute approximate surface area is 160 Å². The molecule has 134 valence electrons. The summed E-state index contributed by atoms with van der Waals surface area (Å²) >= 11 is 1.59. The van der Waals surface area contributed by atoms with Gasteiger partial charge in [-0.25, -0.2) is 9.50 Å². The lowest BCUT2D eigenvalue weighted by Gasteiger charge is -2.18. The summed E-state index contributed by atoms with van der Waals surface area (Å²) in [6.07, 6.45) is 3.20. The summed E-state index contributed by atoms with van der Waals surface area (Å²) in [7, 11) is 0. The third kappa shape index (κ3) is 3.00. The van der Waals surface area contributed by atoms with E-state index in [1.54, 1.807) is 22.5 Å². The van der Waals surface area contributed by atoms with Crippen molar-refractivity contribution < 1.29 is 4.79 Å². The van der Waals surface area contributed by atoms with Crippen LogP contribution in [0.1, 0.15) is 35.0 Å². The van der Waals surface area contributed by atoms with Crippen LogP contribution in [0.15, 0.2) is 53.8 Å². The second-order valence-electron chi connectivity index (χ2n) is 7.10. The van der Waals surface area contributed by atoms with Crippen LogP contribution in [0, 0.1) is 5.92 Å². The van der Waals surface area contributed by atoms with E-state index in [4.69, 9.17) is 0 Å². The largest absolute Gasteiger partial charge is 0.294 e. The Kier molecular flexibility index (Phi) is 3.93. The van der Waals surface area contributed by atoms with Gasteiger partial charge in [-0.2, -0.15) is 4.98 Å². The first-order valence-electron chi connectivity index (χ1n) is 9.06. The van der Waals surface area contributed by atoms with Crippen molar-refractivity contribution in [1.29, 1.82) is 0 Å². The summed E-state index contributed by atoms with van der Waals surface area (Å²) in [5, 5.41) is 7.69. The topological polar surface area (TPSA) is 60.2 Å². The molecule has 1 atom stereocenters. The van der Waals surface area contributed by atoms with Gasteiger partial charge in [0.1, 0.15) is 0 Å². The van der Waals surface area contributed by atoms with Crippen LogP contribution in [0.25, 0.3) is 16.6 Å². The molecule has 0 aliphatic heterocycles. The van der Waals surface area contributed by atoms with Crippen LogP contribution in [0.5, 0.6) is 0 Å². The molecule has 0 spiro atoms. The molecule has 27 heavy (non-hydrogen) atoms. The van der Waals surface area contributed by atoms with Gasteiger partial charge >= 0.3 is 0 Å². The van der Waals surface area contributed by atoms with E-state index in [0.29, 0.717) is 28.8 Å². The van der Waals surface area contributed by atoms with Gasteiger partial charge in [0.2, 0.25) is 5.16 Å². The third-order valence-corrected chi connectivity index (χ3v) is 5.89. The Morgan fingerprint density at radius 1 is 1.11 bits per heavy atom. The van der Waals surface area contributed by atoms with Crippen LogP contribution < -0.4 is 0 Å². The molecular formula is C21H18N4OS. The number of Topliss-reactive ketones (excluding diaryl/α,β-unsaturated/α-hetero) is 1. The maximum absolute atomic E-state index is 12.3. The maximum Gasteiger partial charge on any atom is 0.253 e. The number of rotatable bonds is 3. The number of carbonyl (C=O) groups excluding carboxylic acids is 1. The predicted molar refractivity (Wildman–Crippen MR) is 106 cm³/mol. The summed E-state index contributed by atoms with van der Waals surface area (Å²) in [5.74, 6) is 1.84. The highest BCUT2D eigenvalue weighted by molar-refractivity contribution is 7.98. The zero-order valence-electron chi connectivity index (χ0n) is 14.9. The molecule has 0 bridgehead atoms. The van der Waals surface area contributed by atoms with Crippen molar-refractivity contribution in [3.8, 4) is 0 Å². The molecule has 2 aromatic heterocycles. The van der Waals surface area contributed by atoms with Gasteiger partial charge in [-0.3, -0.25) is 4.79 Å². The summed E-state index contributed by atoms with van der Waals surface area (Å²) < 4.78 is 1.64. The quantitative estimate of drug-likeness (QED) is 0.499. The first-order chi connectivity index (χ1) is 13.2. The van der Waals surface area contributed by atoms with Crippen molar-refractivity contribution in [3.63, 3.8) is 0 Å². The average Bonchev–Trinajstić information content (AvgIpc) is 3.06. The van der Waals surface area contributed by atoms with E-state index in [9.17, 15) is 4.79 Å². The molecule has 4 aromatic rings. The number of hydrogen-bond donors (Lipinski definition) is 0. The monoisotopic (exact) mass is 374 g/mol. The Balaban J connectivity index is 1.45. The SMILES string of the molecule is C[C@@H]1CC(=O)c2cn3nc(SCc4cccc5ccccc45)nc3nc2C1. The number of carbonyl (C=O) groups is 1. The van der Waals surface area contributed by atoms with Gasteiger partial charge in [0.15, 0.2) is 5.78 Å². The number of fused-ring (bicyclic) bond motifs is 3. The molecule has 0 amide bonds. The van der Waals surface area contributed by atoms with Crippen molar-refractivity contribution in [2.45, 2.75) is 30.7 Å². The fraction of sp³-hybridized carbons (Fsp3) is 0.238. The van der Waals surface area contributed by atoms with E-state index in [1.165, 1.54) is 16.3 Å². The summed E-state index contributed by atoms with van der Waals surface area (Å²) in [6.45, 7) is 2.09. The molecule has 0 N–H and O–H groups in total. The average molecular weight is 374 g/mol. The second-order valence-corrected chi connectivity index (χ2v) is 8.05. The number of nitrogens with zero attached hydrogens (tertiary/aromatic N) is 4. The number of hydrogen-bond acceptors (Lipinski definition) is 5. The highest BCUT2D eigenvalue weighted by atomic mass is 32.2. The Hall–Kier alpha value is -2.73. The molecule has 6 heteroatoms. The summed E-state index contributed by atoms with van der Waals surface area (Å²) in [4.78, 5) is 21.4. The van der Waals surface area contributed by atoms with Crippen LogP contribution in [0.4, 0.5) is 0 Å². The van der Waals surface area contributed by atoms with E-state index < -0.39 is 0 Å². The highest BCUT2D eigenvalue weighted by Gasteiger charge is 2.25. The van der Waals surface area contributed by atoms with Crippen LogP contribution in [-0.2, 0) is 12.2 Å². The zero-order chi connectivity index (χ0) is 18.4. The van der Waals surface area contributed by atoms with Crippen LogP contribution in [0.2, 0.25) is 0 Å². The molecule has 5 rings (SSSR count). The van der Waals surface area contributed by atoms with Crippen molar-refractivity contribution in [2.24, 2.45) is 5.92 Å². The van der Waals surface area contributed by atoms with Crippen LogP contribution >= 0.6 is 11.8 Å². The minimum Gasteiger partial charge on any atom is -0.294 e. The third-order valence-electron chi connectivity index (χ3n) is 5.00. The molecule has 0 unspecified atom stereocenters. The van der Waals surface area contributed by atoms with E-state index in [2.05, 4.69) is 64.5 Å². The number of thioether (sulfide) groups is 1. The predicted octanol–water partition coefficient (Wildman–Crippen LogP) is 4.33. The molecule has 2 heterocycles. The van der Waals surface area contributed by atoms with Gasteiger partial charge in [-0.1, -0.05) is 61.2 Å². The first-order valence-corrected chi connectivity index (χ1v) is 10.0. The fourth-order valence-electron chi connectivity index (χ4n) is 3.68. The lowest BCUT2D eigenvalue weighted by atomic mass is 9.88. The van der Waals surface area contributed by atoms with Gasteiger partial charge in [-0.05, 0) is 28.7 Å². The minimum atomic E-state index is 0.151. The second kappa shape index (κ2) is 6.46. The Morgan fingerprint density at radius 2 is 1.96 bits per heavy atom. The molecule has 5 nitrogen and oxygen atoms in total. The highest BCUT2D eigenvalue weighted by Crippen LogP contribution is 2.27. The van der Waals surface area contributed by atoms with Gasteiger partial charge in [-0.15, -0.1) is 5.10 Å².